The van der Waals surface area contributed by atoms with Crippen LogP contribution in [0.15, 0.2) is 30.3 Å². The number of hydrogen-bond acceptors (Lipinski definition) is 8. The maximum atomic E-state index is 12.4. The molecule has 0 aliphatic carbocycles. The fourth-order valence-corrected chi connectivity index (χ4v) is 2.28. The standard InChI is InChI=1S/C15H10O8/c16-7-4-10(19)12-11(5-7)23-15(22,14(12)21)13(20)6-1-2-8(17)9(18)3-6/h1-5,16-19,22H/t15-/m0/s1. The summed E-state index contributed by atoms with van der Waals surface area (Å²) in [6, 6.07) is 4.76. The minimum atomic E-state index is -2.95. The number of carbonyl (C=O) groups excluding carboxylic acids is 2. The van der Waals surface area contributed by atoms with Crippen LogP contribution in [0.2, 0.25) is 0 Å². The summed E-state index contributed by atoms with van der Waals surface area (Å²) in [4.78, 5) is 24.6. The fraction of sp³-hybridized carbons (Fsp3) is 0.0667. The van der Waals surface area contributed by atoms with E-state index in [4.69, 9.17) is 4.74 Å². The van der Waals surface area contributed by atoms with Gasteiger partial charge in [0.05, 0.1) is 0 Å². The van der Waals surface area contributed by atoms with E-state index in [1.807, 2.05) is 0 Å². The first kappa shape index (κ1) is 14.7. The van der Waals surface area contributed by atoms with Crippen LogP contribution in [0.4, 0.5) is 0 Å². The zero-order valence-corrected chi connectivity index (χ0v) is 11.3. The van der Waals surface area contributed by atoms with Crippen LogP contribution >= 0.6 is 0 Å². The number of aliphatic hydroxyl groups is 1. The minimum absolute atomic E-state index is 0.298. The SMILES string of the molecule is O=C(c1ccc(O)c(O)c1)[C@]1(O)Oc2cc(O)cc(O)c2C1=O. The molecule has 0 aromatic heterocycles. The van der Waals surface area contributed by atoms with Crippen LogP contribution in [0.5, 0.6) is 28.7 Å². The van der Waals surface area contributed by atoms with Crippen molar-refractivity contribution >= 4 is 11.6 Å². The molecule has 1 aliphatic heterocycles. The van der Waals surface area contributed by atoms with Gasteiger partial charge in [-0.1, -0.05) is 0 Å². The van der Waals surface area contributed by atoms with Gasteiger partial charge in [-0.2, -0.15) is 0 Å². The molecule has 0 bridgehead atoms. The van der Waals surface area contributed by atoms with E-state index >= 15 is 0 Å². The van der Waals surface area contributed by atoms with E-state index in [1.165, 1.54) is 0 Å². The van der Waals surface area contributed by atoms with Gasteiger partial charge in [-0.15, -0.1) is 0 Å². The molecule has 5 N–H and O–H groups in total. The number of phenols is 4. The highest BCUT2D eigenvalue weighted by atomic mass is 16.6. The molecule has 1 aliphatic rings. The number of hydrogen-bond donors (Lipinski definition) is 5. The molecule has 3 rings (SSSR count). The third-order valence-corrected chi connectivity index (χ3v) is 3.40. The van der Waals surface area contributed by atoms with Gasteiger partial charge in [0.15, 0.2) is 11.5 Å². The maximum Gasteiger partial charge on any atom is 0.339 e. The summed E-state index contributed by atoms with van der Waals surface area (Å²) >= 11 is 0. The first-order valence-electron chi connectivity index (χ1n) is 6.33. The van der Waals surface area contributed by atoms with Gasteiger partial charge >= 0.3 is 5.79 Å². The minimum Gasteiger partial charge on any atom is -0.508 e. The quantitative estimate of drug-likeness (QED) is 0.308. The second-order valence-corrected chi connectivity index (χ2v) is 4.95. The van der Waals surface area contributed by atoms with E-state index in [2.05, 4.69) is 0 Å². The smallest absolute Gasteiger partial charge is 0.339 e. The van der Waals surface area contributed by atoms with Crippen LogP contribution < -0.4 is 4.74 Å². The van der Waals surface area contributed by atoms with Gasteiger partial charge in [-0.25, -0.2) is 0 Å². The molecule has 0 unspecified atom stereocenters. The number of benzene rings is 2. The topological polar surface area (TPSA) is 145 Å². The summed E-state index contributed by atoms with van der Waals surface area (Å²) in [5.74, 6) is -7.89. The fourth-order valence-electron chi connectivity index (χ4n) is 2.28. The number of Topliss-reactive ketones (excluding diaryl/α,β-unsaturated/α-hetero) is 2. The van der Waals surface area contributed by atoms with E-state index in [-0.39, 0.29) is 11.3 Å². The molecule has 8 nitrogen and oxygen atoms in total. The van der Waals surface area contributed by atoms with Crippen LogP contribution in [0.25, 0.3) is 0 Å². The number of phenolic OH excluding ortho intramolecular Hbond substituents is 4. The zero-order valence-electron chi connectivity index (χ0n) is 11.3. The Morgan fingerprint density at radius 2 is 1.65 bits per heavy atom. The largest absolute Gasteiger partial charge is 0.508 e. The highest BCUT2D eigenvalue weighted by Crippen LogP contribution is 2.43. The molecule has 2 aromatic rings. The Morgan fingerprint density at radius 3 is 2.30 bits per heavy atom. The Kier molecular flexibility index (Phi) is 2.94. The van der Waals surface area contributed by atoms with Gasteiger partial charge in [0, 0.05) is 17.7 Å². The molecule has 8 heteroatoms. The number of ketones is 2. The first-order chi connectivity index (χ1) is 10.7. The summed E-state index contributed by atoms with van der Waals surface area (Å²) in [5.41, 5.74) is -0.741. The Balaban J connectivity index is 2.06. The van der Waals surface area contributed by atoms with Crippen molar-refractivity contribution in [2.24, 2.45) is 0 Å². The van der Waals surface area contributed by atoms with Crippen molar-refractivity contribution in [3.63, 3.8) is 0 Å². The van der Waals surface area contributed by atoms with E-state index in [0.717, 1.165) is 30.3 Å². The van der Waals surface area contributed by atoms with Crippen LogP contribution in [-0.4, -0.2) is 42.9 Å². The third kappa shape index (κ3) is 2.04. The average molecular weight is 318 g/mol. The van der Waals surface area contributed by atoms with Gasteiger partial charge in [-0.05, 0) is 18.2 Å². The monoisotopic (exact) mass is 318 g/mol. The second kappa shape index (κ2) is 4.62. The highest BCUT2D eigenvalue weighted by Gasteiger charge is 2.54. The zero-order chi connectivity index (χ0) is 16.9. The molecule has 0 saturated heterocycles. The summed E-state index contributed by atoms with van der Waals surface area (Å²) < 4.78 is 4.95. The van der Waals surface area contributed by atoms with Gasteiger partial charge in [0.1, 0.15) is 22.8 Å². The van der Waals surface area contributed by atoms with E-state index in [0.29, 0.717) is 0 Å². The van der Waals surface area contributed by atoms with Crippen molar-refractivity contribution in [1.82, 2.24) is 0 Å². The molecular weight excluding hydrogens is 308 g/mol. The average Bonchev–Trinajstić information content (AvgIpc) is 2.73. The Bertz CT molecular complexity index is 857. The molecule has 0 saturated carbocycles. The molecule has 0 radical (unpaired) electrons. The number of aromatic hydroxyl groups is 4. The summed E-state index contributed by atoms with van der Waals surface area (Å²) in [6.07, 6.45) is 0. The van der Waals surface area contributed by atoms with Crippen molar-refractivity contribution in [2.75, 3.05) is 0 Å². The predicted molar refractivity (Wildman–Crippen MR) is 73.8 cm³/mol. The second-order valence-electron chi connectivity index (χ2n) is 4.95. The highest BCUT2D eigenvalue weighted by molar-refractivity contribution is 6.24. The van der Waals surface area contributed by atoms with E-state index in [9.17, 15) is 35.1 Å². The molecule has 118 valence electrons. The van der Waals surface area contributed by atoms with Gasteiger partial charge in [0.25, 0.3) is 0 Å². The molecule has 1 heterocycles. The molecular formula is C15H10O8. The van der Waals surface area contributed by atoms with Crippen LogP contribution in [0.3, 0.4) is 0 Å². The first-order valence-corrected chi connectivity index (χ1v) is 6.33. The Morgan fingerprint density at radius 1 is 0.957 bits per heavy atom. The molecule has 0 amide bonds. The lowest BCUT2D eigenvalue weighted by Gasteiger charge is -2.19. The molecule has 0 spiro atoms. The van der Waals surface area contributed by atoms with Crippen molar-refractivity contribution in [1.29, 1.82) is 0 Å². The number of carbonyl (C=O) groups is 2. The van der Waals surface area contributed by atoms with Crippen LogP contribution in [0.1, 0.15) is 20.7 Å². The summed E-state index contributed by atoms with van der Waals surface area (Å²) in [5, 5.41) is 48.0. The molecule has 0 fully saturated rings. The maximum absolute atomic E-state index is 12.4. The predicted octanol–water partition coefficient (Wildman–Crippen LogP) is 0.656. The third-order valence-electron chi connectivity index (χ3n) is 3.40. The van der Waals surface area contributed by atoms with Gasteiger partial charge in [-0.3, -0.25) is 9.59 Å². The van der Waals surface area contributed by atoms with Crippen molar-refractivity contribution in [3.05, 3.63) is 41.5 Å². The normalized spacial score (nSPS) is 19.3. The van der Waals surface area contributed by atoms with Gasteiger partial charge < -0.3 is 30.3 Å². The molecule has 2 aromatic carbocycles. The van der Waals surface area contributed by atoms with Crippen LogP contribution in [-0.2, 0) is 0 Å². The van der Waals surface area contributed by atoms with E-state index < -0.39 is 45.9 Å². The summed E-state index contributed by atoms with van der Waals surface area (Å²) in [7, 11) is 0. The lowest BCUT2D eigenvalue weighted by Crippen LogP contribution is -2.48. The van der Waals surface area contributed by atoms with E-state index in [1.54, 1.807) is 0 Å². The lowest BCUT2D eigenvalue weighted by molar-refractivity contribution is -0.0619. The van der Waals surface area contributed by atoms with Crippen LogP contribution in [0, 0.1) is 0 Å². The number of ether oxygens (including phenoxy) is 1. The van der Waals surface area contributed by atoms with Gasteiger partial charge in [0.2, 0.25) is 11.6 Å². The lowest BCUT2D eigenvalue weighted by atomic mass is 9.96. The Hall–Kier alpha value is -3.26. The molecule has 23 heavy (non-hydrogen) atoms. The summed E-state index contributed by atoms with van der Waals surface area (Å²) in [6.45, 7) is 0. The molecule has 1 atom stereocenters. The Labute approximate surface area is 128 Å². The number of rotatable bonds is 2. The number of fused-ring (bicyclic) bond motifs is 1. The van der Waals surface area contributed by atoms with Crippen molar-refractivity contribution in [3.8, 4) is 28.7 Å². The van der Waals surface area contributed by atoms with Crippen molar-refractivity contribution < 1.29 is 39.9 Å². The van der Waals surface area contributed by atoms with Crippen molar-refractivity contribution in [2.45, 2.75) is 5.79 Å².